The zero-order valence-corrected chi connectivity index (χ0v) is 11.7. The molecule has 0 fully saturated rings. The Hall–Kier alpha value is -2.48. The van der Waals surface area contributed by atoms with Crippen molar-refractivity contribution < 1.29 is 9.31 Å². The van der Waals surface area contributed by atoms with Crippen LogP contribution in [0, 0.1) is 15.9 Å². The van der Waals surface area contributed by atoms with Crippen molar-refractivity contribution >= 4 is 34.6 Å². The smallest absolute Gasteiger partial charge is 0.353 e. The molecule has 0 saturated heterocycles. The molecule has 21 heavy (non-hydrogen) atoms. The number of nitrogens with zero attached hydrogens (tertiary/aromatic N) is 3. The van der Waals surface area contributed by atoms with Gasteiger partial charge in [-0.1, -0.05) is 11.6 Å². The van der Waals surface area contributed by atoms with E-state index in [2.05, 4.69) is 20.6 Å². The van der Waals surface area contributed by atoms with E-state index in [1.54, 1.807) is 6.92 Å². The molecular formula is C12H11ClFN5O2. The molecule has 0 atom stereocenters. The summed E-state index contributed by atoms with van der Waals surface area (Å²) in [4.78, 5) is 18.2. The molecule has 1 aromatic carbocycles. The van der Waals surface area contributed by atoms with Crippen LogP contribution in [0.1, 0.15) is 6.92 Å². The highest BCUT2D eigenvalue weighted by atomic mass is 35.5. The highest BCUT2D eigenvalue weighted by molar-refractivity contribution is 6.30. The van der Waals surface area contributed by atoms with Gasteiger partial charge in [0, 0.05) is 12.2 Å². The molecule has 110 valence electrons. The summed E-state index contributed by atoms with van der Waals surface area (Å²) in [6, 6.07) is 3.96. The van der Waals surface area contributed by atoms with Gasteiger partial charge in [-0.15, -0.1) is 0 Å². The Morgan fingerprint density at radius 3 is 2.71 bits per heavy atom. The fourth-order valence-electron chi connectivity index (χ4n) is 1.65. The number of halogens is 2. The van der Waals surface area contributed by atoms with E-state index in [0.29, 0.717) is 12.2 Å². The molecule has 1 aromatic heterocycles. The highest BCUT2D eigenvalue weighted by Gasteiger charge is 2.22. The van der Waals surface area contributed by atoms with Crippen LogP contribution >= 0.6 is 11.6 Å². The van der Waals surface area contributed by atoms with Crippen LogP contribution in [0.5, 0.6) is 0 Å². The monoisotopic (exact) mass is 311 g/mol. The van der Waals surface area contributed by atoms with Crippen LogP contribution < -0.4 is 10.6 Å². The van der Waals surface area contributed by atoms with Crippen molar-refractivity contribution in [1.29, 1.82) is 0 Å². The van der Waals surface area contributed by atoms with Crippen molar-refractivity contribution in [3.63, 3.8) is 0 Å². The van der Waals surface area contributed by atoms with Crippen LogP contribution in [-0.4, -0.2) is 21.4 Å². The second-order valence-electron chi connectivity index (χ2n) is 3.96. The zero-order valence-electron chi connectivity index (χ0n) is 10.9. The number of aromatic nitrogens is 2. The summed E-state index contributed by atoms with van der Waals surface area (Å²) in [7, 11) is 0. The van der Waals surface area contributed by atoms with Crippen LogP contribution in [0.15, 0.2) is 24.5 Å². The summed E-state index contributed by atoms with van der Waals surface area (Å²) in [6.45, 7) is 2.25. The number of anilines is 3. The van der Waals surface area contributed by atoms with Crippen LogP contribution in [-0.2, 0) is 0 Å². The first kappa shape index (κ1) is 14.9. The van der Waals surface area contributed by atoms with Crippen molar-refractivity contribution in [2.24, 2.45) is 0 Å². The first-order chi connectivity index (χ1) is 10.0. The minimum absolute atomic E-state index is 0.0346. The third-order valence-electron chi connectivity index (χ3n) is 2.53. The Labute approximate surface area is 124 Å². The second-order valence-corrected chi connectivity index (χ2v) is 4.37. The fraction of sp³-hybridized carbons (Fsp3) is 0.167. The number of rotatable bonds is 5. The van der Waals surface area contributed by atoms with E-state index in [0.717, 1.165) is 6.07 Å². The quantitative estimate of drug-likeness (QED) is 0.649. The number of nitrogens with one attached hydrogen (secondary N) is 2. The normalized spacial score (nSPS) is 10.2. The van der Waals surface area contributed by atoms with Gasteiger partial charge in [0.1, 0.15) is 12.1 Å². The van der Waals surface area contributed by atoms with Gasteiger partial charge in [-0.3, -0.25) is 10.1 Å². The van der Waals surface area contributed by atoms with E-state index in [1.165, 1.54) is 18.5 Å². The lowest BCUT2D eigenvalue weighted by Crippen LogP contribution is -2.07. The summed E-state index contributed by atoms with van der Waals surface area (Å²) in [5, 5.41) is 16.6. The van der Waals surface area contributed by atoms with E-state index in [1.807, 2.05) is 0 Å². The number of nitro groups is 1. The van der Waals surface area contributed by atoms with E-state index in [4.69, 9.17) is 11.6 Å². The summed E-state index contributed by atoms with van der Waals surface area (Å²) >= 11 is 5.59. The van der Waals surface area contributed by atoms with E-state index in [9.17, 15) is 14.5 Å². The van der Waals surface area contributed by atoms with Gasteiger partial charge in [-0.2, -0.15) is 0 Å². The van der Waals surface area contributed by atoms with Crippen molar-refractivity contribution in [2.75, 3.05) is 17.2 Å². The summed E-state index contributed by atoms with van der Waals surface area (Å²) in [6.07, 6.45) is 1.18. The molecule has 2 aromatic rings. The third-order valence-corrected chi connectivity index (χ3v) is 2.84. The van der Waals surface area contributed by atoms with Gasteiger partial charge in [-0.25, -0.2) is 14.4 Å². The SMILES string of the molecule is CCNc1ncnc(Nc2ccc(Cl)c(F)c2)c1[N+](=O)[O-]. The van der Waals surface area contributed by atoms with Crippen molar-refractivity contribution in [2.45, 2.75) is 6.92 Å². The largest absolute Gasteiger partial charge is 0.364 e. The lowest BCUT2D eigenvalue weighted by Gasteiger charge is -2.09. The Morgan fingerprint density at radius 2 is 2.10 bits per heavy atom. The molecule has 0 radical (unpaired) electrons. The Kier molecular flexibility index (Phi) is 4.49. The fourth-order valence-corrected chi connectivity index (χ4v) is 1.77. The van der Waals surface area contributed by atoms with Gasteiger partial charge in [-0.05, 0) is 25.1 Å². The zero-order chi connectivity index (χ0) is 15.4. The molecule has 0 spiro atoms. The second kappa shape index (κ2) is 6.31. The predicted octanol–water partition coefficient (Wildman–Crippen LogP) is 3.35. The van der Waals surface area contributed by atoms with Crippen LogP contribution in [0.2, 0.25) is 5.02 Å². The molecule has 0 saturated carbocycles. The van der Waals surface area contributed by atoms with Gasteiger partial charge in [0.15, 0.2) is 0 Å². The van der Waals surface area contributed by atoms with Crippen molar-refractivity contribution in [3.05, 3.63) is 45.5 Å². The molecule has 0 aliphatic carbocycles. The average Bonchev–Trinajstić information content (AvgIpc) is 2.43. The van der Waals surface area contributed by atoms with Gasteiger partial charge < -0.3 is 10.6 Å². The minimum atomic E-state index is -0.634. The topological polar surface area (TPSA) is 93.0 Å². The molecule has 0 amide bonds. The Balaban J connectivity index is 2.41. The number of hydrogen-bond acceptors (Lipinski definition) is 6. The Bertz CT molecular complexity index is 683. The molecule has 2 rings (SSSR count). The van der Waals surface area contributed by atoms with E-state index in [-0.39, 0.29) is 22.3 Å². The summed E-state index contributed by atoms with van der Waals surface area (Å²) in [5.74, 6) is -0.576. The minimum Gasteiger partial charge on any atom is -0.364 e. The van der Waals surface area contributed by atoms with Crippen molar-refractivity contribution in [3.8, 4) is 0 Å². The summed E-state index contributed by atoms with van der Waals surface area (Å²) < 4.78 is 13.4. The maximum atomic E-state index is 13.4. The molecule has 0 aliphatic heterocycles. The van der Waals surface area contributed by atoms with Crippen molar-refractivity contribution in [1.82, 2.24) is 9.97 Å². The van der Waals surface area contributed by atoms with Crippen LogP contribution in [0.25, 0.3) is 0 Å². The third kappa shape index (κ3) is 3.34. The maximum absolute atomic E-state index is 13.4. The van der Waals surface area contributed by atoms with Crippen LogP contribution in [0.4, 0.5) is 27.4 Å². The molecular weight excluding hydrogens is 301 g/mol. The molecule has 0 bridgehead atoms. The Morgan fingerprint density at radius 1 is 1.38 bits per heavy atom. The summed E-state index contributed by atoms with van der Waals surface area (Å²) in [5.41, 5.74) is -0.0177. The lowest BCUT2D eigenvalue weighted by atomic mass is 10.3. The molecule has 2 N–H and O–H groups in total. The molecule has 9 heteroatoms. The molecule has 0 unspecified atom stereocenters. The van der Waals surface area contributed by atoms with Gasteiger partial charge in [0.25, 0.3) is 0 Å². The number of benzene rings is 1. The van der Waals surface area contributed by atoms with E-state index < -0.39 is 10.7 Å². The number of hydrogen-bond donors (Lipinski definition) is 2. The van der Waals surface area contributed by atoms with Gasteiger partial charge in [0.05, 0.1) is 9.95 Å². The van der Waals surface area contributed by atoms with E-state index >= 15 is 0 Å². The molecule has 0 aliphatic rings. The molecule has 7 nitrogen and oxygen atoms in total. The first-order valence-corrected chi connectivity index (χ1v) is 6.36. The average molecular weight is 312 g/mol. The van der Waals surface area contributed by atoms with Gasteiger partial charge >= 0.3 is 5.69 Å². The lowest BCUT2D eigenvalue weighted by molar-refractivity contribution is -0.383. The highest BCUT2D eigenvalue weighted by Crippen LogP contribution is 2.31. The standard InChI is InChI=1S/C12H11ClFN5O2/c1-2-15-11-10(19(20)21)12(17-6-16-11)18-7-3-4-8(13)9(14)5-7/h3-6H,2H2,1H3,(H2,15,16,17,18). The molecule has 1 heterocycles. The predicted molar refractivity (Wildman–Crippen MR) is 77.5 cm³/mol. The van der Waals surface area contributed by atoms with Gasteiger partial charge in [0.2, 0.25) is 11.6 Å². The van der Waals surface area contributed by atoms with Crippen LogP contribution in [0.3, 0.4) is 0 Å². The maximum Gasteiger partial charge on any atom is 0.353 e. The first-order valence-electron chi connectivity index (χ1n) is 5.98.